The Bertz CT molecular complexity index is 391. The van der Waals surface area contributed by atoms with Gasteiger partial charge in [0, 0.05) is 0 Å². The first-order valence-corrected chi connectivity index (χ1v) is 7.88. The Morgan fingerprint density at radius 1 is 1.22 bits per heavy atom. The number of aliphatic carboxylic acids is 1. The summed E-state index contributed by atoms with van der Waals surface area (Å²) in [4.78, 5) is 11.3. The van der Waals surface area contributed by atoms with Gasteiger partial charge < -0.3 is 5.11 Å². The number of carbonyl (C=O) groups is 1. The van der Waals surface area contributed by atoms with Crippen molar-refractivity contribution in [1.82, 2.24) is 4.72 Å². The molecular formula is C12H23NO4S. The van der Waals surface area contributed by atoms with E-state index in [1.807, 2.05) is 0 Å². The van der Waals surface area contributed by atoms with Crippen molar-refractivity contribution < 1.29 is 18.3 Å². The predicted molar refractivity (Wildman–Crippen MR) is 69.8 cm³/mol. The number of sulfonamides is 1. The Kier molecular flexibility index (Phi) is 4.78. The molecule has 106 valence electrons. The van der Waals surface area contributed by atoms with Gasteiger partial charge in [-0.05, 0) is 39.5 Å². The molecule has 1 fully saturated rings. The molecule has 0 aliphatic heterocycles. The molecule has 2 N–H and O–H groups in total. The van der Waals surface area contributed by atoms with Crippen LogP contribution in [0.1, 0.15) is 52.9 Å². The second-order valence-electron chi connectivity index (χ2n) is 5.95. The molecule has 5 nitrogen and oxygen atoms in total. The highest BCUT2D eigenvalue weighted by molar-refractivity contribution is 7.90. The summed E-state index contributed by atoms with van der Waals surface area (Å²) in [5.74, 6) is -1.16. The number of carboxylic acids is 1. The monoisotopic (exact) mass is 277 g/mol. The fourth-order valence-corrected chi connectivity index (χ4v) is 3.14. The summed E-state index contributed by atoms with van der Waals surface area (Å²) >= 11 is 0. The topological polar surface area (TPSA) is 83.5 Å². The van der Waals surface area contributed by atoms with Crippen LogP contribution < -0.4 is 4.72 Å². The maximum absolute atomic E-state index is 12.0. The van der Waals surface area contributed by atoms with Gasteiger partial charge in [0.2, 0.25) is 10.0 Å². The van der Waals surface area contributed by atoms with Crippen LogP contribution in [-0.2, 0) is 14.8 Å². The third kappa shape index (κ3) is 3.68. The van der Waals surface area contributed by atoms with E-state index in [1.165, 1.54) is 0 Å². The van der Waals surface area contributed by atoms with Gasteiger partial charge >= 0.3 is 5.97 Å². The van der Waals surface area contributed by atoms with Crippen LogP contribution in [0.3, 0.4) is 0 Å². The molecule has 18 heavy (non-hydrogen) atoms. The molecule has 0 radical (unpaired) electrons. The fourth-order valence-electron chi connectivity index (χ4n) is 2.16. The molecule has 0 saturated heterocycles. The van der Waals surface area contributed by atoms with Gasteiger partial charge in [-0.3, -0.25) is 4.79 Å². The lowest BCUT2D eigenvalue weighted by atomic mass is 9.84. The Balaban J connectivity index is 2.84. The molecule has 6 heteroatoms. The van der Waals surface area contributed by atoms with Crippen molar-refractivity contribution in [2.75, 3.05) is 0 Å². The van der Waals surface area contributed by atoms with Crippen molar-refractivity contribution in [2.45, 2.75) is 63.7 Å². The quantitative estimate of drug-likeness (QED) is 0.820. The molecule has 1 unspecified atom stereocenters. The highest BCUT2D eigenvalue weighted by Crippen LogP contribution is 2.28. The second-order valence-corrected chi connectivity index (χ2v) is 8.41. The summed E-state index contributed by atoms with van der Waals surface area (Å²) in [5.41, 5.74) is 0. The molecule has 0 aromatic rings. The van der Waals surface area contributed by atoms with Gasteiger partial charge in [0.05, 0.1) is 4.75 Å². The minimum Gasteiger partial charge on any atom is -0.480 e. The molecule has 0 heterocycles. The number of nitrogens with one attached hydrogen (secondary N) is 1. The van der Waals surface area contributed by atoms with Gasteiger partial charge in [-0.25, -0.2) is 13.1 Å². The fraction of sp³-hybridized carbons (Fsp3) is 0.917. The van der Waals surface area contributed by atoms with Crippen molar-refractivity contribution in [2.24, 2.45) is 5.92 Å². The zero-order valence-electron chi connectivity index (χ0n) is 11.3. The van der Waals surface area contributed by atoms with E-state index in [2.05, 4.69) is 4.72 Å². The number of rotatable bonds is 4. The van der Waals surface area contributed by atoms with E-state index in [-0.39, 0.29) is 5.92 Å². The lowest BCUT2D eigenvalue weighted by molar-refractivity contribution is -0.140. The number of carboxylic acid groups (broad SMARTS) is 1. The van der Waals surface area contributed by atoms with Crippen LogP contribution in [-0.4, -0.2) is 30.3 Å². The second kappa shape index (κ2) is 5.57. The Labute approximate surface area is 109 Å². The Morgan fingerprint density at radius 2 is 1.72 bits per heavy atom. The lowest BCUT2D eigenvalue weighted by Gasteiger charge is -2.30. The SMILES string of the molecule is CC(C)(C)S(=O)(=O)NC(C(=O)O)C1CCCCC1. The van der Waals surface area contributed by atoms with Crippen LogP contribution in [0.25, 0.3) is 0 Å². The summed E-state index contributed by atoms with van der Waals surface area (Å²) in [6, 6.07) is -0.991. The largest absolute Gasteiger partial charge is 0.480 e. The van der Waals surface area contributed by atoms with Crippen LogP contribution in [0, 0.1) is 5.92 Å². The normalized spacial score (nSPS) is 20.6. The van der Waals surface area contributed by atoms with E-state index in [4.69, 9.17) is 0 Å². The average molecular weight is 277 g/mol. The van der Waals surface area contributed by atoms with Crippen LogP contribution in [0.15, 0.2) is 0 Å². The predicted octanol–water partition coefficient (Wildman–Crippen LogP) is 1.74. The molecule has 1 saturated carbocycles. The van der Waals surface area contributed by atoms with Gasteiger partial charge in [-0.15, -0.1) is 0 Å². The summed E-state index contributed by atoms with van der Waals surface area (Å²) in [6.45, 7) is 4.69. The lowest BCUT2D eigenvalue weighted by Crippen LogP contribution is -2.51. The third-order valence-corrected chi connectivity index (χ3v) is 5.65. The maximum atomic E-state index is 12.0. The summed E-state index contributed by atoms with van der Waals surface area (Å²) in [5, 5.41) is 9.23. The Morgan fingerprint density at radius 3 is 2.11 bits per heavy atom. The van der Waals surface area contributed by atoms with Crippen molar-refractivity contribution in [3.05, 3.63) is 0 Å². The van der Waals surface area contributed by atoms with Crippen LogP contribution in [0.4, 0.5) is 0 Å². The maximum Gasteiger partial charge on any atom is 0.322 e. The molecule has 1 rings (SSSR count). The first-order valence-electron chi connectivity index (χ1n) is 6.40. The Hall–Kier alpha value is -0.620. The standard InChI is InChI=1S/C12H23NO4S/c1-12(2,3)18(16,17)13-10(11(14)15)9-7-5-4-6-8-9/h9-10,13H,4-8H2,1-3H3,(H,14,15). The summed E-state index contributed by atoms with van der Waals surface area (Å²) in [6.07, 6.45) is 4.62. The highest BCUT2D eigenvalue weighted by Gasteiger charge is 2.37. The zero-order valence-corrected chi connectivity index (χ0v) is 12.1. The molecule has 1 aliphatic rings. The van der Waals surface area contributed by atoms with Crippen LogP contribution >= 0.6 is 0 Å². The van der Waals surface area contributed by atoms with Crippen molar-refractivity contribution in [3.63, 3.8) is 0 Å². The van der Waals surface area contributed by atoms with Crippen molar-refractivity contribution >= 4 is 16.0 Å². The minimum absolute atomic E-state index is 0.0895. The van der Waals surface area contributed by atoms with E-state index in [1.54, 1.807) is 20.8 Å². The number of hydrogen-bond acceptors (Lipinski definition) is 3. The van der Waals surface area contributed by atoms with Crippen molar-refractivity contribution in [1.29, 1.82) is 0 Å². The van der Waals surface area contributed by atoms with Gasteiger partial charge in [0.15, 0.2) is 0 Å². The van der Waals surface area contributed by atoms with E-state index >= 15 is 0 Å². The molecule has 1 atom stereocenters. The molecule has 0 aromatic heterocycles. The van der Waals surface area contributed by atoms with Gasteiger partial charge in [0.1, 0.15) is 6.04 Å². The van der Waals surface area contributed by atoms with E-state index in [0.717, 1.165) is 32.1 Å². The smallest absolute Gasteiger partial charge is 0.322 e. The van der Waals surface area contributed by atoms with Crippen molar-refractivity contribution in [3.8, 4) is 0 Å². The molecular weight excluding hydrogens is 254 g/mol. The molecule has 0 aromatic carbocycles. The van der Waals surface area contributed by atoms with Gasteiger partial charge in [-0.2, -0.15) is 0 Å². The zero-order chi connectivity index (χ0) is 14.0. The van der Waals surface area contributed by atoms with Crippen LogP contribution in [0.2, 0.25) is 0 Å². The van der Waals surface area contributed by atoms with Crippen LogP contribution in [0.5, 0.6) is 0 Å². The molecule has 0 spiro atoms. The molecule has 1 aliphatic carbocycles. The number of hydrogen-bond donors (Lipinski definition) is 2. The van der Waals surface area contributed by atoms with Gasteiger partial charge in [0.25, 0.3) is 0 Å². The molecule has 0 amide bonds. The van der Waals surface area contributed by atoms with E-state index in [9.17, 15) is 18.3 Å². The first-order chi connectivity index (χ1) is 8.15. The molecule has 0 bridgehead atoms. The first kappa shape index (κ1) is 15.4. The minimum atomic E-state index is -3.62. The summed E-state index contributed by atoms with van der Waals surface area (Å²) in [7, 11) is -3.62. The highest BCUT2D eigenvalue weighted by atomic mass is 32.2. The van der Waals surface area contributed by atoms with E-state index in [0.29, 0.717) is 0 Å². The van der Waals surface area contributed by atoms with E-state index < -0.39 is 26.8 Å². The third-order valence-electron chi connectivity index (χ3n) is 3.48. The summed E-state index contributed by atoms with van der Waals surface area (Å²) < 4.78 is 25.5. The average Bonchev–Trinajstić information content (AvgIpc) is 2.25. The van der Waals surface area contributed by atoms with Gasteiger partial charge in [-0.1, -0.05) is 19.3 Å².